The highest BCUT2D eigenvalue weighted by molar-refractivity contribution is 5.77. The number of amidine groups is 1. The Kier molecular flexibility index (Phi) is 6.81. The van der Waals surface area contributed by atoms with E-state index in [9.17, 15) is 18.0 Å². The predicted octanol–water partition coefficient (Wildman–Crippen LogP) is 4.72. The minimum absolute atomic E-state index is 0.00249. The van der Waals surface area contributed by atoms with Gasteiger partial charge in [0.1, 0.15) is 23.9 Å². The fourth-order valence-electron chi connectivity index (χ4n) is 4.05. The lowest BCUT2D eigenvalue weighted by Crippen LogP contribution is -2.28. The van der Waals surface area contributed by atoms with Crippen molar-refractivity contribution in [2.24, 2.45) is 4.99 Å². The molecule has 0 aliphatic carbocycles. The summed E-state index contributed by atoms with van der Waals surface area (Å²) in [5.41, 5.74) is 3.90. The molecule has 1 N–H and O–H groups in total. The Morgan fingerprint density at radius 3 is 2.63 bits per heavy atom. The third-order valence-corrected chi connectivity index (χ3v) is 5.60. The van der Waals surface area contributed by atoms with Gasteiger partial charge in [-0.3, -0.25) is 4.79 Å². The first kappa shape index (κ1) is 23.9. The van der Waals surface area contributed by atoms with Crippen molar-refractivity contribution in [3.63, 3.8) is 0 Å². The first-order valence-corrected chi connectivity index (χ1v) is 10.4. The monoisotopic (exact) mass is 486 g/mol. The Labute approximate surface area is 199 Å². The number of nitrogens with one attached hydrogen (secondary N) is 1. The van der Waals surface area contributed by atoms with E-state index in [0.29, 0.717) is 33.6 Å². The molecule has 0 saturated heterocycles. The molecule has 1 aliphatic heterocycles. The Bertz CT molecular complexity index is 1270. The van der Waals surface area contributed by atoms with E-state index in [-0.39, 0.29) is 24.9 Å². The molecule has 3 aromatic carbocycles. The summed E-state index contributed by atoms with van der Waals surface area (Å²) in [5.74, 6) is 0.0513. The van der Waals surface area contributed by atoms with E-state index in [1.165, 1.54) is 31.4 Å². The zero-order valence-electron chi connectivity index (χ0n) is 18.8. The van der Waals surface area contributed by atoms with E-state index in [4.69, 9.17) is 9.47 Å². The number of hydrogen-bond donors (Lipinski definition) is 1. The van der Waals surface area contributed by atoms with Crippen LogP contribution >= 0.6 is 0 Å². The topological polar surface area (TPSA) is 78.4 Å². The highest BCUT2D eigenvalue weighted by Crippen LogP contribution is 2.42. The highest BCUT2D eigenvalue weighted by atomic mass is 19.3. The van der Waals surface area contributed by atoms with Crippen molar-refractivity contribution in [3.8, 4) is 22.6 Å². The van der Waals surface area contributed by atoms with Gasteiger partial charge in [-0.2, -0.15) is 14.3 Å². The molecule has 35 heavy (non-hydrogen) atoms. The van der Waals surface area contributed by atoms with E-state index < -0.39 is 18.0 Å². The number of benzene rings is 3. The third kappa shape index (κ3) is 4.86. The fraction of sp³-hybridized carbons (Fsp3) is 0.200. The van der Waals surface area contributed by atoms with Crippen molar-refractivity contribution in [1.29, 1.82) is 0 Å². The van der Waals surface area contributed by atoms with Crippen LogP contribution < -0.4 is 15.0 Å². The Morgan fingerprint density at radius 2 is 1.91 bits per heavy atom. The maximum atomic E-state index is 14.7. The first-order chi connectivity index (χ1) is 16.9. The molecule has 0 fully saturated rings. The normalized spacial score (nSPS) is 16.9. The van der Waals surface area contributed by atoms with Crippen LogP contribution in [0, 0.1) is 12.7 Å². The summed E-state index contributed by atoms with van der Waals surface area (Å²) in [7, 11) is 1.49. The molecule has 0 aromatic heterocycles. The zero-order chi connectivity index (χ0) is 25.0. The van der Waals surface area contributed by atoms with Crippen molar-refractivity contribution in [1.82, 2.24) is 5.48 Å². The molecule has 1 heterocycles. The second-order valence-electron chi connectivity index (χ2n) is 7.66. The lowest BCUT2D eigenvalue weighted by Gasteiger charge is -2.28. The van der Waals surface area contributed by atoms with Gasteiger partial charge in [-0.15, -0.1) is 0 Å². The van der Waals surface area contributed by atoms with Gasteiger partial charge in [-0.25, -0.2) is 9.38 Å². The molecule has 1 atom stereocenters. The summed E-state index contributed by atoms with van der Waals surface area (Å²) in [6.45, 7) is -1.06. The molecule has 7 nitrogen and oxygen atoms in total. The minimum atomic E-state index is -2.97. The fourth-order valence-corrected chi connectivity index (χ4v) is 4.05. The van der Waals surface area contributed by atoms with Gasteiger partial charge in [0, 0.05) is 5.56 Å². The minimum Gasteiger partial charge on any atom is -0.497 e. The third-order valence-electron chi connectivity index (χ3n) is 5.60. The van der Waals surface area contributed by atoms with Crippen molar-refractivity contribution in [2.75, 3.05) is 13.7 Å². The molecular formula is C25H21F3N2O5. The van der Waals surface area contributed by atoms with Crippen LogP contribution in [0.25, 0.3) is 11.1 Å². The van der Waals surface area contributed by atoms with E-state index >= 15 is 0 Å². The van der Waals surface area contributed by atoms with E-state index in [0.717, 1.165) is 0 Å². The molecule has 0 saturated carbocycles. The number of aryl methyl sites for hydroxylation is 1. The quantitative estimate of drug-likeness (QED) is 0.367. The maximum Gasteiger partial charge on any atom is 0.387 e. The van der Waals surface area contributed by atoms with Crippen LogP contribution in [-0.2, 0) is 19.9 Å². The predicted molar refractivity (Wildman–Crippen MR) is 121 cm³/mol. The smallest absolute Gasteiger partial charge is 0.387 e. The molecule has 0 spiro atoms. The van der Waals surface area contributed by atoms with Crippen molar-refractivity contribution >= 4 is 12.5 Å². The van der Waals surface area contributed by atoms with Gasteiger partial charge in [0.25, 0.3) is 0 Å². The van der Waals surface area contributed by atoms with Crippen LogP contribution in [-0.4, -0.2) is 32.8 Å². The standard InChI is InChI=1S/C25H21F3N2O5/c1-15-10-19(35-23(27)28)6-8-21(15)25(13-33-24(29-25)30-34-14-31)17-5-3-4-16(11-17)20-12-18(32-2)7-9-22(20)26/h3-12,14,23H,13H2,1-2H3,(H,29,30). The molecular weight excluding hydrogens is 465 g/mol. The number of rotatable bonds is 8. The van der Waals surface area contributed by atoms with E-state index in [1.54, 1.807) is 43.3 Å². The molecule has 0 radical (unpaired) electrons. The Balaban J connectivity index is 1.85. The van der Waals surface area contributed by atoms with Gasteiger partial charge in [0.2, 0.25) is 0 Å². The van der Waals surface area contributed by atoms with Crippen LogP contribution in [0.1, 0.15) is 16.7 Å². The molecule has 10 heteroatoms. The summed E-state index contributed by atoms with van der Waals surface area (Å²) in [6, 6.07) is 15.9. The molecule has 0 bridgehead atoms. The number of methoxy groups -OCH3 is 1. The molecule has 4 rings (SSSR count). The average Bonchev–Trinajstić information content (AvgIpc) is 3.28. The zero-order valence-corrected chi connectivity index (χ0v) is 18.8. The van der Waals surface area contributed by atoms with E-state index in [1.807, 2.05) is 0 Å². The van der Waals surface area contributed by atoms with Crippen LogP contribution in [0.3, 0.4) is 0 Å². The van der Waals surface area contributed by atoms with Gasteiger partial charge in [-0.1, -0.05) is 24.3 Å². The van der Waals surface area contributed by atoms with Crippen LogP contribution in [0.4, 0.5) is 13.2 Å². The Hall–Kier alpha value is -4.21. The van der Waals surface area contributed by atoms with Crippen LogP contribution in [0.2, 0.25) is 0 Å². The van der Waals surface area contributed by atoms with Gasteiger partial charge in [-0.05, 0) is 65.6 Å². The molecule has 3 aromatic rings. The number of ether oxygens (including phenoxy) is 3. The van der Waals surface area contributed by atoms with Gasteiger partial charge in [0.15, 0.2) is 5.54 Å². The van der Waals surface area contributed by atoms with Gasteiger partial charge < -0.3 is 19.0 Å². The van der Waals surface area contributed by atoms with Crippen molar-refractivity contribution in [3.05, 3.63) is 83.2 Å². The lowest BCUT2D eigenvalue weighted by atomic mass is 9.81. The number of carbonyl (C=O) groups is 1. The van der Waals surface area contributed by atoms with E-state index in [2.05, 4.69) is 20.0 Å². The molecule has 0 amide bonds. The summed E-state index contributed by atoms with van der Waals surface area (Å²) < 4.78 is 55.5. The van der Waals surface area contributed by atoms with Crippen molar-refractivity contribution in [2.45, 2.75) is 19.1 Å². The SMILES string of the molecule is COc1ccc(F)c(-c2cccc(C3(c4ccc(OC(F)F)cc4C)COC(NOC=O)=N3)c2)c1. The summed E-state index contributed by atoms with van der Waals surface area (Å²) >= 11 is 0. The largest absolute Gasteiger partial charge is 0.497 e. The summed E-state index contributed by atoms with van der Waals surface area (Å²) in [6.07, 6.45) is 0. The molecule has 1 unspecified atom stereocenters. The molecule has 182 valence electrons. The number of hydrogen-bond acceptors (Lipinski definition) is 7. The second kappa shape index (κ2) is 9.96. The highest BCUT2D eigenvalue weighted by Gasteiger charge is 2.42. The second-order valence-corrected chi connectivity index (χ2v) is 7.66. The van der Waals surface area contributed by atoms with Crippen LogP contribution in [0.15, 0.2) is 65.7 Å². The Morgan fingerprint density at radius 1 is 1.11 bits per heavy atom. The first-order valence-electron chi connectivity index (χ1n) is 10.4. The average molecular weight is 486 g/mol. The number of aliphatic imine (C=N–C) groups is 1. The number of nitrogens with zero attached hydrogens (tertiary/aromatic N) is 1. The summed E-state index contributed by atoms with van der Waals surface area (Å²) in [4.78, 5) is 19.8. The number of alkyl halides is 2. The lowest BCUT2D eigenvalue weighted by molar-refractivity contribution is -0.132. The van der Waals surface area contributed by atoms with Crippen LogP contribution in [0.5, 0.6) is 11.5 Å². The number of halogens is 3. The van der Waals surface area contributed by atoms with Gasteiger partial charge in [0.05, 0.1) is 7.11 Å². The number of hydroxylamine groups is 1. The van der Waals surface area contributed by atoms with Gasteiger partial charge >= 0.3 is 19.1 Å². The number of carbonyl (C=O) groups excluding carboxylic acids is 1. The summed E-state index contributed by atoms with van der Waals surface area (Å²) in [5, 5.41) is 0. The van der Waals surface area contributed by atoms with Crippen molar-refractivity contribution < 1.29 is 37.0 Å². The maximum absolute atomic E-state index is 14.7. The molecule has 1 aliphatic rings.